The third-order valence-corrected chi connectivity index (χ3v) is 1.32. The van der Waals surface area contributed by atoms with Crippen LogP contribution in [0.25, 0.3) is 0 Å². The van der Waals surface area contributed by atoms with Gasteiger partial charge < -0.3 is 0 Å². The van der Waals surface area contributed by atoms with Crippen molar-refractivity contribution in [2.24, 2.45) is 10.9 Å². The quantitative estimate of drug-likeness (QED) is 0.451. The Morgan fingerprint density at radius 3 is 3.00 bits per heavy atom. The van der Waals surface area contributed by atoms with Crippen molar-refractivity contribution in [1.82, 2.24) is 0 Å². The fourth-order valence-electron chi connectivity index (χ4n) is 0.718. The molecular formula is C6H9NO. The number of carbonyl (C=O) groups is 1. The third-order valence-electron chi connectivity index (χ3n) is 1.32. The normalized spacial score (nSPS) is 28.6. The Morgan fingerprint density at radius 2 is 2.62 bits per heavy atom. The van der Waals surface area contributed by atoms with Gasteiger partial charge in [-0.2, -0.15) is 0 Å². The van der Waals surface area contributed by atoms with Crippen LogP contribution in [0.3, 0.4) is 0 Å². The van der Waals surface area contributed by atoms with Gasteiger partial charge in [0.15, 0.2) is 0 Å². The summed E-state index contributed by atoms with van der Waals surface area (Å²) < 4.78 is 0. The van der Waals surface area contributed by atoms with Gasteiger partial charge in [-0.25, -0.2) is 0 Å². The Hall–Kier alpha value is -0.660. The molecule has 8 heavy (non-hydrogen) atoms. The number of nitrogens with zero attached hydrogens (tertiary/aromatic N) is 1. The largest absolute Gasteiger partial charge is 0.299 e. The van der Waals surface area contributed by atoms with Gasteiger partial charge in [0.25, 0.3) is 0 Å². The smallest absolute Gasteiger partial charge is 0.142 e. The van der Waals surface area contributed by atoms with E-state index in [-0.39, 0.29) is 5.92 Å². The predicted octanol–water partition coefficient (Wildman–Crippen LogP) is 0.666. The molecule has 44 valence electrons. The van der Waals surface area contributed by atoms with E-state index in [1.54, 1.807) is 6.21 Å². The van der Waals surface area contributed by atoms with Crippen molar-refractivity contribution in [2.75, 3.05) is 6.54 Å². The van der Waals surface area contributed by atoms with Crippen LogP contribution in [0.1, 0.15) is 13.3 Å². The first-order valence-electron chi connectivity index (χ1n) is 2.83. The van der Waals surface area contributed by atoms with E-state index in [4.69, 9.17) is 0 Å². The molecule has 1 rings (SSSR count). The van der Waals surface area contributed by atoms with Crippen molar-refractivity contribution in [3.63, 3.8) is 0 Å². The molecule has 2 nitrogen and oxygen atoms in total. The van der Waals surface area contributed by atoms with Gasteiger partial charge in [0.1, 0.15) is 5.78 Å². The molecular weight excluding hydrogens is 102 g/mol. The first-order chi connectivity index (χ1) is 3.80. The lowest BCUT2D eigenvalue weighted by Crippen LogP contribution is -2.17. The molecule has 0 saturated heterocycles. The van der Waals surface area contributed by atoms with Gasteiger partial charge in [0.05, 0.1) is 0 Å². The number of rotatable bonds is 0. The van der Waals surface area contributed by atoms with Gasteiger partial charge in [-0.15, -0.1) is 0 Å². The van der Waals surface area contributed by atoms with Gasteiger partial charge in [-0.05, 0) is 0 Å². The number of hydrogen-bond donors (Lipinski definition) is 0. The Labute approximate surface area is 48.6 Å². The first-order valence-corrected chi connectivity index (χ1v) is 2.83. The minimum atomic E-state index is 0.0729. The molecule has 0 fully saturated rings. The van der Waals surface area contributed by atoms with Gasteiger partial charge in [0, 0.05) is 25.1 Å². The lowest BCUT2D eigenvalue weighted by Gasteiger charge is -2.07. The first kappa shape index (κ1) is 5.48. The topological polar surface area (TPSA) is 29.4 Å². The average molecular weight is 111 g/mol. The standard InChI is InChI=1S/C6H9NO/c1-5-4-7-3-2-6(5)8/h4-5H,2-3H2,1H3/t5-/m0/s1. The van der Waals surface area contributed by atoms with Crippen LogP contribution in [-0.2, 0) is 4.79 Å². The molecule has 0 bridgehead atoms. The summed E-state index contributed by atoms with van der Waals surface area (Å²) in [7, 11) is 0. The van der Waals surface area contributed by atoms with Crippen LogP contribution in [-0.4, -0.2) is 18.5 Å². The summed E-state index contributed by atoms with van der Waals surface area (Å²) >= 11 is 0. The summed E-state index contributed by atoms with van der Waals surface area (Å²) in [6.07, 6.45) is 2.36. The minimum absolute atomic E-state index is 0.0729. The van der Waals surface area contributed by atoms with Crippen molar-refractivity contribution < 1.29 is 4.79 Å². The molecule has 0 aliphatic carbocycles. The highest BCUT2D eigenvalue weighted by molar-refractivity contribution is 5.95. The second kappa shape index (κ2) is 2.07. The molecule has 1 atom stereocenters. The van der Waals surface area contributed by atoms with Crippen molar-refractivity contribution in [2.45, 2.75) is 13.3 Å². The van der Waals surface area contributed by atoms with Crippen molar-refractivity contribution >= 4 is 12.0 Å². The Kier molecular flexibility index (Phi) is 1.42. The molecule has 1 aliphatic rings. The number of Topliss-reactive ketones (excluding diaryl/α,β-unsaturated/α-hetero) is 1. The van der Waals surface area contributed by atoms with Gasteiger partial charge in [0.2, 0.25) is 0 Å². The van der Waals surface area contributed by atoms with E-state index in [2.05, 4.69) is 4.99 Å². The Balaban J connectivity index is 2.60. The van der Waals surface area contributed by atoms with E-state index in [0.717, 1.165) is 0 Å². The summed E-state index contributed by atoms with van der Waals surface area (Å²) in [4.78, 5) is 14.7. The van der Waals surface area contributed by atoms with Gasteiger partial charge in [-0.3, -0.25) is 9.79 Å². The average Bonchev–Trinajstić information content (AvgIpc) is 1.77. The molecule has 0 aromatic rings. The molecule has 1 aliphatic heterocycles. The molecule has 0 amide bonds. The highest BCUT2D eigenvalue weighted by Crippen LogP contribution is 2.02. The van der Waals surface area contributed by atoms with E-state index in [0.29, 0.717) is 18.7 Å². The lowest BCUT2D eigenvalue weighted by molar-refractivity contribution is -0.120. The molecule has 2 heteroatoms. The molecule has 0 spiro atoms. The minimum Gasteiger partial charge on any atom is -0.299 e. The monoisotopic (exact) mass is 111 g/mol. The maximum absolute atomic E-state index is 10.7. The molecule has 0 aromatic carbocycles. The molecule has 1 heterocycles. The summed E-state index contributed by atoms with van der Waals surface area (Å²) in [5.74, 6) is 0.392. The summed E-state index contributed by atoms with van der Waals surface area (Å²) in [5.41, 5.74) is 0. The molecule has 0 aromatic heterocycles. The molecule has 0 N–H and O–H groups in total. The van der Waals surface area contributed by atoms with E-state index < -0.39 is 0 Å². The van der Waals surface area contributed by atoms with E-state index >= 15 is 0 Å². The zero-order chi connectivity index (χ0) is 5.98. The van der Waals surface area contributed by atoms with Gasteiger partial charge >= 0.3 is 0 Å². The summed E-state index contributed by atoms with van der Waals surface area (Å²) in [5, 5.41) is 0. The van der Waals surface area contributed by atoms with E-state index in [1.165, 1.54) is 0 Å². The van der Waals surface area contributed by atoms with Crippen LogP contribution in [0.4, 0.5) is 0 Å². The second-order valence-electron chi connectivity index (χ2n) is 2.06. The molecule has 0 unspecified atom stereocenters. The Morgan fingerprint density at radius 1 is 1.88 bits per heavy atom. The van der Waals surface area contributed by atoms with E-state index in [9.17, 15) is 4.79 Å². The fourth-order valence-corrected chi connectivity index (χ4v) is 0.718. The third kappa shape index (κ3) is 0.941. The van der Waals surface area contributed by atoms with Crippen LogP contribution in [0.2, 0.25) is 0 Å². The zero-order valence-corrected chi connectivity index (χ0v) is 4.92. The maximum Gasteiger partial charge on any atom is 0.142 e. The number of aliphatic imine (C=N–C) groups is 1. The van der Waals surface area contributed by atoms with Crippen LogP contribution in [0.5, 0.6) is 0 Å². The number of carbonyl (C=O) groups excluding carboxylic acids is 1. The van der Waals surface area contributed by atoms with Crippen molar-refractivity contribution in [1.29, 1.82) is 0 Å². The molecule has 0 radical (unpaired) electrons. The molecule has 0 saturated carbocycles. The number of hydrogen-bond acceptors (Lipinski definition) is 2. The van der Waals surface area contributed by atoms with Crippen LogP contribution >= 0.6 is 0 Å². The van der Waals surface area contributed by atoms with Crippen LogP contribution in [0, 0.1) is 5.92 Å². The lowest BCUT2D eigenvalue weighted by atomic mass is 10.0. The predicted molar refractivity (Wildman–Crippen MR) is 32.1 cm³/mol. The Bertz CT molecular complexity index is 128. The number of ketones is 1. The van der Waals surface area contributed by atoms with Crippen LogP contribution < -0.4 is 0 Å². The summed E-state index contributed by atoms with van der Waals surface area (Å²) in [6, 6.07) is 0. The summed E-state index contributed by atoms with van der Waals surface area (Å²) in [6.45, 7) is 2.58. The SMILES string of the molecule is C[C@H]1C=NCCC1=O. The zero-order valence-electron chi connectivity index (χ0n) is 4.92. The van der Waals surface area contributed by atoms with Crippen molar-refractivity contribution in [3.05, 3.63) is 0 Å². The van der Waals surface area contributed by atoms with E-state index in [1.807, 2.05) is 6.92 Å². The fraction of sp³-hybridized carbons (Fsp3) is 0.667. The highest BCUT2D eigenvalue weighted by atomic mass is 16.1. The second-order valence-corrected chi connectivity index (χ2v) is 2.06. The van der Waals surface area contributed by atoms with Gasteiger partial charge in [-0.1, -0.05) is 6.92 Å². The highest BCUT2D eigenvalue weighted by Gasteiger charge is 2.12. The maximum atomic E-state index is 10.7. The van der Waals surface area contributed by atoms with Crippen molar-refractivity contribution in [3.8, 4) is 0 Å². The van der Waals surface area contributed by atoms with Crippen LogP contribution in [0.15, 0.2) is 4.99 Å².